The average molecular weight is 339 g/mol. The predicted octanol–water partition coefficient (Wildman–Crippen LogP) is 1.77. The lowest BCUT2D eigenvalue weighted by atomic mass is 9.99. The zero-order valence-electron chi connectivity index (χ0n) is 11.7. The van der Waals surface area contributed by atoms with E-state index in [0.717, 1.165) is 24.5 Å². The molecular formula is C14H15ClN4O2S. The zero-order valence-corrected chi connectivity index (χ0v) is 13.3. The molecule has 0 spiro atoms. The first-order valence-electron chi connectivity index (χ1n) is 6.79. The lowest BCUT2D eigenvalue weighted by molar-refractivity contribution is 0.597. The highest BCUT2D eigenvalue weighted by atomic mass is 35.5. The van der Waals surface area contributed by atoms with Crippen LogP contribution in [0.15, 0.2) is 41.6 Å². The summed E-state index contributed by atoms with van der Waals surface area (Å²) >= 11 is 5.90. The van der Waals surface area contributed by atoms with Gasteiger partial charge in [0.2, 0.25) is 16.0 Å². The molecule has 22 heavy (non-hydrogen) atoms. The fourth-order valence-corrected chi connectivity index (χ4v) is 3.09. The summed E-state index contributed by atoms with van der Waals surface area (Å²) in [4.78, 5) is 10.2. The minimum Gasteiger partial charge on any atom is -0.340 e. The number of rotatable bonds is 3. The Bertz CT molecular complexity index is 762. The van der Waals surface area contributed by atoms with Crippen LogP contribution in [-0.2, 0) is 10.0 Å². The summed E-state index contributed by atoms with van der Waals surface area (Å²) in [5.74, 6) is 0.905. The van der Waals surface area contributed by atoms with Crippen molar-refractivity contribution < 1.29 is 8.42 Å². The third-order valence-electron chi connectivity index (χ3n) is 3.76. The smallest absolute Gasteiger partial charge is 0.241 e. The van der Waals surface area contributed by atoms with E-state index in [4.69, 9.17) is 16.7 Å². The van der Waals surface area contributed by atoms with Crippen molar-refractivity contribution in [3.8, 4) is 0 Å². The molecule has 1 atom stereocenters. The van der Waals surface area contributed by atoms with Crippen LogP contribution in [0.2, 0.25) is 5.02 Å². The Morgan fingerprint density at radius 3 is 2.41 bits per heavy atom. The Hall–Kier alpha value is -1.70. The van der Waals surface area contributed by atoms with Gasteiger partial charge < -0.3 is 4.90 Å². The maximum absolute atomic E-state index is 11.2. The van der Waals surface area contributed by atoms with E-state index in [0.29, 0.717) is 11.9 Å². The van der Waals surface area contributed by atoms with Gasteiger partial charge in [0.15, 0.2) is 0 Å². The molecule has 1 fully saturated rings. The number of nitrogens with zero attached hydrogens (tertiary/aromatic N) is 3. The largest absolute Gasteiger partial charge is 0.340 e. The molecule has 0 bridgehead atoms. The van der Waals surface area contributed by atoms with Gasteiger partial charge >= 0.3 is 0 Å². The van der Waals surface area contributed by atoms with Crippen molar-refractivity contribution in [3.05, 3.63) is 47.2 Å². The average Bonchev–Trinajstić information content (AvgIpc) is 2.97. The van der Waals surface area contributed by atoms with Crippen molar-refractivity contribution in [1.82, 2.24) is 9.97 Å². The van der Waals surface area contributed by atoms with Crippen LogP contribution in [0, 0.1) is 0 Å². The summed E-state index contributed by atoms with van der Waals surface area (Å²) in [7, 11) is -3.76. The highest BCUT2D eigenvalue weighted by Crippen LogP contribution is 2.29. The van der Waals surface area contributed by atoms with Gasteiger partial charge in [0.05, 0.1) is 12.4 Å². The molecule has 2 aromatic rings. The summed E-state index contributed by atoms with van der Waals surface area (Å²) in [6.07, 6.45) is 3.47. The molecule has 0 amide bonds. The highest BCUT2D eigenvalue weighted by Gasteiger charge is 2.25. The molecule has 1 aromatic heterocycles. The number of hydrogen-bond donors (Lipinski definition) is 1. The van der Waals surface area contributed by atoms with Gasteiger partial charge in [-0.2, -0.15) is 0 Å². The molecule has 1 unspecified atom stereocenters. The number of sulfonamides is 1. The first-order valence-corrected chi connectivity index (χ1v) is 8.71. The van der Waals surface area contributed by atoms with Gasteiger partial charge in [0.1, 0.15) is 4.90 Å². The van der Waals surface area contributed by atoms with E-state index in [1.165, 1.54) is 18.0 Å². The standard InChI is InChI=1S/C14H15ClN4O2S/c15-12-3-1-10(2-4-12)11-5-6-19(9-11)14-17-7-13(8-18-14)22(16,20)21/h1-4,7-8,11H,5-6,9H2,(H2,16,20,21). The van der Waals surface area contributed by atoms with Crippen LogP contribution in [0.5, 0.6) is 0 Å². The molecule has 2 N–H and O–H groups in total. The molecule has 1 saturated heterocycles. The fraction of sp³-hybridized carbons (Fsp3) is 0.286. The van der Waals surface area contributed by atoms with E-state index in [-0.39, 0.29) is 4.90 Å². The minimum atomic E-state index is -3.76. The Labute approximate surface area is 134 Å². The van der Waals surface area contributed by atoms with Crippen LogP contribution in [0.3, 0.4) is 0 Å². The minimum absolute atomic E-state index is 0.0790. The number of anilines is 1. The van der Waals surface area contributed by atoms with Crippen LogP contribution in [0.4, 0.5) is 5.95 Å². The second kappa shape index (κ2) is 5.83. The number of aromatic nitrogens is 2. The molecule has 8 heteroatoms. The molecule has 3 rings (SSSR count). The van der Waals surface area contributed by atoms with E-state index in [1.54, 1.807) is 0 Å². The van der Waals surface area contributed by atoms with Crippen molar-refractivity contribution >= 4 is 27.6 Å². The van der Waals surface area contributed by atoms with Crippen LogP contribution < -0.4 is 10.0 Å². The van der Waals surface area contributed by atoms with Crippen molar-refractivity contribution in [2.24, 2.45) is 5.14 Å². The molecule has 0 aliphatic carbocycles. The SMILES string of the molecule is NS(=O)(=O)c1cnc(N2CCC(c3ccc(Cl)cc3)C2)nc1. The van der Waals surface area contributed by atoms with Crippen LogP contribution in [0.1, 0.15) is 17.9 Å². The zero-order chi connectivity index (χ0) is 15.7. The number of primary sulfonamides is 1. The molecule has 0 radical (unpaired) electrons. The number of benzene rings is 1. The van der Waals surface area contributed by atoms with E-state index >= 15 is 0 Å². The molecular weight excluding hydrogens is 324 g/mol. The number of hydrogen-bond acceptors (Lipinski definition) is 5. The Kier molecular flexibility index (Phi) is 4.03. The first kappa shape index (κ1) is 15.2. The van der Waals surface area contributed by atoms with Gasteiger partial charge in [0.25, 0.3) is 0 Å². The number of nitrogens with two attached hydrogens (primary N) is 1. The molecule has 1 aromatic carbocycles. The van der Waals surface area contributed by atoms with Crippen LogP contribution in [-0.4, -0.2) is 31.5 Å². The second-order valence-corrected chi connectivity index (χ2v) is 7.24. The van der Waals surface area contributed by atoms with Crippen molar-refractivity contribution in [2.45, 2.75) is 17.2 Å². The fourth-order valence-electron chi connectivity index (χ4n) is 2.57. The third kappa shape index (κ3) is 3.21. The Balaban J connectivity index is 1.74. The van der Waals surface area contributed by atoms with Gasteiger partial charge in [-0.05, 0) is 24.1 Å². The quantitative estimate of drug-likeness (QED) is 0.921. The number of halogens is 1. The lowest BCUT2D eigenvalue weighted by Gasteiger charge is -2.16. The summed E-state index contributed by atoms with van der Waals surface area (Å²) in [6, 6.07) is 7.83. The molecule has 2 heterocycles. The normalized spacial score (nSPS) is 18.6. The second-order valence-electron chi connectivity index (χ2n) is 5.25. The van der Waals surface area contributed by atoms with Gasteiger partial charge in [-0.25, -0.2) is 23.5 Å². The topological polar surface area (TPSA) is 89.2 Å². The van der Waals surface area contributed by atoms with E-state index < -0.39 is 10.0 Å². The monoisotopic (exact) mass is 338 g/mol. The van der Waals surface area contributed by atoms with E-state index in [9.17, 15) is 8.42 Å². The maximum atomic E-state index is 11.2. The van der Waals surface area contributed by atoms with Crippen LogP contribution in [0.25, 0.3) is 0 Å². The summed E-state index contributed by atoms with van der Waals surface area (Å²) in [5.41, 5.74) is 1.23. The van der Waals surface area contributed by atoms with Crippen LogP contribution >= 0.6 is 11.6 Å². The van der Waals surface area contributed by atoms with Crippen molar-refractivity contribution in [3.63, 3.8) is 0 Å². The van der Waals surface area contributed by atoms with Gasteiger partial charge in [0, 0.05) is 24.0 Å². The maximum Gasteiger partial charge on any atom is 0.241 e. The molecule has 1 aliphatic heterocycles. The van der Waals surface area contributed by atoms with Crippen molar-refractivity contribution in [2.75, 3.05) is 18.0 Å². The van der Waals surface area contributed by atoms with E-state index in [1.807, 2.05) is 29.2 Å². The third-order valence-corrected chi connectivity index (χ3v) is 4.88. The molecule has 116 valence electrons. The first-order chi connectivity index (χ1) is 10.4. The summed E-state index contributed by atoms with van der Waals surface area (Å²) < 4.78 is 22.4. The molecule has 0 saturated carbocycles. The van der Waals surface area contributed by atoms with E-state index in [2.05, 4.69) is 9.97 Å². The molecule has 1 aliphatic rings. The summed E-state index contributed by atoms with van der Waals surface area (Å²) in [6.45, 7) is 1.61. The van der Waals surface area contributed by atoms with Gasteiger partial charge in [-0.3, -0.25) is 0 Å². The van der Waals surface area contributed by atoms with Gasteiger partial charge in [-0.1, -0.05) is 23.7 Å². The Morgan fingerprint density at radius 2 is 1.82 bits per heavy atom. The molecule has 6 nitrogen and oxygen atoms in total. The highest BCUT2D eigenvalue weighted by molar-refractivity contribution is 7.89. The lowest BCUT2D eigenvalue weighted by Crippen LogP contribution is -2.22. The summed E-state index contributed by atoms with van der Waals surface area (Å²) in [5, 5.41) is 5.76. The predicted molar refractivity (Wildman–Crippen MR) is 84.4 cm³/mol. The van der Waals surface area contributed by atoms with Crippen molar-refractivity contribution in [1.29, 1.82) is 0 Å². The van der Waals surface area contributed by atoms with Gasteiger partial charge in [-0.15, -0.1) is 0 Å². The Morgan fingerprint density at radius 1 is 1.18 bits per heavy atom.